The van der Waals surface area contributed by atoms with Gasteiger partial charge in [0.1, 0.15) is 5.75 Å². The van der Waals surface area contributed by atoms with Crippen molar-refractivity contribution in [3.63, 3.8) is 0 Å². The van der Waals surface area contributed by atoms with Crippen LogP contribution in [-0.2, 0) is 4.84 Å². The first-order valence-corrected chi connectivity index (χ1v) is 3.93. The lowest BCUT2D eigenvalue weighted by Gasteiger charge is -2.08. The topological polar surface area (TPSA) is 41.5 Å². The maximum absolute atomic E-state index is 9.27. The Balaban J connectivity index is 2.90. The second-order valence-electron chi connectivity index (χ2n) is 2.79. The molecular formula is C10H13NO2. The van der Waals surface area contributed by atoms with Gasteiger partial charge in [0.25, 0.3) is 0 Å². The number of hydrogen-bond acceptors (Lipinski definition) is 3. The summed E-state index contributed by atoms with van der Waals surface area (Å²) in [6.07, 6.45) is 0. The van der Waals surface area contributed by atoms with E-state index in [1.807, 2.05) is 13.0 Å². The molecule has 0 aromatic heterocycles. The third-order valence-corrected chi connectivity index (χ3v) is 1.77. The van der Waals surface area contributed by atoms with E-state index in [1.54, 1.807) is 12.1 Å². The molecule has 0 saturated carbocycles. The van der Waals surface area contributed by atoms with E-state index in [0.717, 1.165) is 11.1 Å². The van der Waals surface area contributed by atoms with Gasteiger partial charge in [0.2, 0.25) is 0 Å². The number of benzene rings is 1. The molecule has 1 aromatic carbocycles. The number of hydroxylamine groups is 1. The van der Waals surface area contributed by atoms with Gasteiger partial charge in [0.05, 0.1) is 12.8 Å². The number of aromatic hydroxyl groups is 1. The molecule has 0 bridgehead atoms. The van der Waals surface area contributed by atoms with Crippen molar-refractivity contribution in [2.45, 2.75) is 6.92 Å². The van der Waals surface area contributed by atoms with Crippen LogP contribution in [0.5, 0.6) is 5.75 Å². The van der Waals surface area contributed by atoms with Gasteiger partial charge in [-0.2, -0.15) is 0 Å². The number of nitrogens with one attached hydrogen (secondary N) is 1. The van der Waals surface area contributed by atoms with Crippen molar-refractivity contribution >= 4 is 5.70 Å². The van der Waals surface area contributed by atoms with Gasteiger partial charge in [-0.3, -0.25) is 10.3 Å². The number of phenolic OH excluding ortho intramolecular Hbond substituents is 1. The smallest absolute Gasteiger partial charge is 0.118 e. The van der Waals surface area contributed by atoms with Crippen LogP contribution in [0, 0.1) is 6.92 Å². The van der Waals surface area contributed by atoms with Crippen LogP contribution in [0.2, 0.25) is 0 Å². The van der Waals surface area contributed by atoms with Crippen LogP contribution in [0.1, 0.15) is 11.1 Å². The van der Waals surface area contributed by atoms with E-state index in [0.29, 0.717) is 5.70 Å². The molecule has 1 aromatic rings. The highest BCUT2D eigenvalue weighted by molar-refractivity contribution is 5.62. The molecule has 0 heterocycles. The van der Waals surface area contributed by atoms with Gasteiger partial charge in [-0.1, -0.05) is 6.58 Å². The van der Waals surface area contributed by atoms with E-state index in [2.05, 4.69) is 12.1 Å². The van der Waals surface area contributed by atoms with Crippen molar-refractivity contribution in [3.05, 3.63) is 35.9 Å². The van der Waals surface area contributed by atoms with Crippen LogP contribution < -0.4 is 5.48 Å². The maximum Gasteiger partial charge on any atom is 0.118 e. The Morgan fingerprint density at radius 1 is 1.54 bits per heavy atom. The molecule has 0 unspecified atom stereocenters. The maximum atomic E-state index is 9.27. The first-order chi connectivity index (χ1) is 6.15. The molecule has 0 radical (unpaired) electrons. The Bertz CT molecular complexity index is 321. The highest BCUT2D eigenvalue weighted by atomic mass is 16.6. The minimum Gasteiger partial charge on any atom is -0.508 e. The van der Waals surface area contributed by atoms with Crippen molar-refractivity contribution in [3.8, 4) is 5.75 Å². The van der Waals surface area contributed by atoms with Crippen LogP contribution in [0.25, 0.3) is 5.70 Å². The SMILES string of the molecule is C=C(NOC)c1ccc(O)c(C)c1. The quantitative estimate of drug-likeness (QED) is 0.695. The molecule has 3 nitrogen and oxygen atoms in total. The fourth-order valence-electron chi connectivity index (χ4n) is 1.03. The van der Waals surface area contributed by atoms with Gasteiger partial charge in [-0.05, 0) is 36.2 Å². The zero-order chi connectivity index (χ0) is 9.84. The summed E-state index contributed by atoms with van der Waals surface area (Å²) in [6.45, 7) is 5.60. The summed E-state index contributed by atoms with van der Waals surface area (Å²) in [5.41, 5.74) is 5.02. The summed E-state index contributed by atoms with van der Waals surface area (Å²) in [7, 11) is 1.53. The van der Waals surface area contributed by atoms with Gasteiger partial charge >= 0.3 is 0 Å². The highest BCUT2D eigenvalue weighted by Crippen LogP contribution is 2.19. The molecule has 0 aliphatic carbocycles. The average molecular weight is 179 g/mol. The van der Waals surface area contributed by atoms with Crippen LogP contribution in [0.3, 0.4) is 0 Å². The van der Waals surface area contributed by atoms with E-state index in [9.17, 15) is 5.11 Å². The molecule has 0 atom stereocenters. The van der Waals surface area contributed by atoms with Crippen molar-refractivity contribution in [1.29, 1.82) is 0 Å². The number of rotatable bonds is 3. The summed E-state index contributed by atoms with van der Waals surface area (Å²) in [6, 6.07) is 5.24. The zero-order valence-electron chi connectivity index (χ0n) is 7.79. The minimum absolute atomic E-state index is 0.286. The molecule has 70 valence electrons. The van der Waals surface area contributed by atoms with E-state index >= 15 is 0 Å². The Labute approximate surface area is 77.6 Å². The fourth-order valence-corrected chi connectivity index (χ4v) is 1.03. The van der Waals surface area contributed by atoms with Crippen LogP contribution in [-0.4, -0.2) is 12.2 Å². The van der Waals surface area contributed by atoms with Gasteiger partial charge in [0, 0.05) is 0 Å². The van der Waals surface area contributed by atoms with Crippen molar-refractivity contribution in [1.82, 2.24) is 5.48 Å². The molecule has 0 aliphatic heterocycles. The molecule has 0 saturated heterocycles. The lowest BCUT2D eigenvalue weighted by molar-refractivity contribution is 0.137. The first-order valence-electron chi connectivity index (χ1n) is 3.93. The number of hydrogen-bond donors (Lipinski definition) is 2. The molecule has 0 aliphatic rings. The summed E-state index contributed by atoms with van der Waals surface area (Å²) in [5, 5.41) is 9.27. The fraction of sp³-hybridized carbons (Fsp3) is 0.200. The van der Waals surface area contributed by atoms with E-state index in [1.165, 1.54) is 7.11 Å². The molecular weight excluding hydrogens is 166 g/mol. The third kappa shape index (κ3) is 2.23. The van der Waals surface area contributed by atoms with Gasteiger partial charge in [-0.15, -0.1) is 0 Å². The normalized spacial score (nSPS) is 9.69. The van der Waals surface area contributed by atoms with Gasteiger partial charge in [-0.25, -0.2) is 0 Å². The Morgan fingerprint density at radius 3 is 2.77 bits per heavy atom. The molecule has 13 heavy (non-hydrogen) atoms. The van der Waals surface area contributed by atoms with Gasteiger partial charge < -0.3 is 5.11 Å². The standard InChI is InChI=1S/C10H13NO2/c1-7-6-9(4-5-10(7)12)8(2)11-13-3/h4-6,11-12H,2H2,1,3H3. The summed E-state index contributed by atoms with van der Waals surface area (Å²) < 4.78 is 0. The second-order valence-corrected chi connectivity index (χ2v) is 2.79. The van der Waals surface area contributed by atoms with Crippen molar-refractivity contribution < 1.29 is 9.94 Å². The van der Waals surface area contributed by atoms with E-state index < -0.39 is 0 Å². The largest absolute Gasteiger partial charge is 0.508 e. The average Bonchev–Trinajstić information content (AvgIpc) is 2.10. The molecule has 2 N–H and O–H groups in total. The predicted octanol–water partition coefficient (Wildman–Crippen LogP) is 1.82. The van der Waals surface area contributed by atoms with Crippen molar-refractivity contribution in [2.75, 3.05) is 7.11 Å². The number of phenols is 1. The Kier molecular flexibility index (Phi) is 2.93. The molecule has 0 amide bonds. The van der Waals surface area contributed by atoms with Crippen LogP contribution in [0.4, 0.5) is 0 Å². The number of aryl methyl sites for hydroxylation is 1. The molecule has 0 fully saturated rings. The van der Waals surface area contributed by atoms with Crippen LogP contribution in [0.15, 0.2) is 24.8 Å². The highest BCUT2D eigenvalue weighted by Gasteiger charge is 2.00. The summed E-state index contributed by atoms with van der Waals surface area (Å²) in [5.74, 6) is 0.286. The minimum atomic E-state index is 0.286. The monoisotopic (exact) mass is 179 g/mol. The third-order valence-electron chi connectivity index (χ3n) is 1.77. The lowest BCUT2D eigenvalue weighted by Crippen LogP contribution is -2.08. The van der Waals surface area contributed by atoms with Crippen LogP contribution >= 0.6 is 0 Å². The van der Waals surface area contributed by atoms with Gasteiger partial charge in [0.15, 0.2) is 0 Å². The first kappa shape index (κ1) is 9.61. The Hall–Kier alpha value is -1.48. The summed E-state index contributed by atoms with van der Waals surface area (Å²) >= 11 is 0. The van der Waals surface area contributed by atoms with Crippen molar-refractivity contribution in [2.24, 2.45) is 0 Å². The second kappa shape index (κ2) is 3.96. The van der Waals surface area contributed by atoms with E-state index in [4.69, 9.17) is 4.84 Å². The summed E-state index contributed by atoms with van der Waals surface area (Å²) in [4.78, 5) is 4.72. The molecule has 1 rings (SSSR count). The zero-order valence-corrected chi connectivity index (χ0v) is 7.79. The molecule has 3 heteroatoms. The predicted molar refractivity (Wildman–Crippen MR) is 52.0 cm³/mol. The molecule has 0 spiro atoms. The van der Waals surface area contributed by atoms with E-state index in [-0.39, 0.29) is 5.75 Å². The lowest BCUT2D eigenvalue weighted by atomic mass is 10.1. The Morgan fingerprint density at radius 2 is 2.23 bits per heavy atom.